The third-order valence-electron chi connectivity index (χ3n) is 3.86. The molecule has 1 unspecified atom stereocenters. The fourth-order valence-corrected chi connectivity index (χ4v) is 2.44. The van der Waals surface area contributed by atoms with E-state index >= 15 is 0 Å². The fraction of sp³-hybridized carbons (Fsp3) is 0.278. The molecule has 1 aliphatic heterocycles. The van der Waals surface area contributed by atoms with Gasteiger partial charge in [-0.15, -0.1) is 0 Å². The summed E-state index contributed by atoms with van der Waals surface area (Å²) in [6.45, 7) is 2.61. The van der Waals surface area contributed by atoms with Gasteiger partial charge in [-0.2, -0.15) is 0 Å². The first kappa shape index (κ1) is 16.0. The summed E-state index contributed by atoms with van der Waals surface area (Å²) in [6.07, 6.45) is 0. The van der Waals surface area contributed by atoms with Gasteiger partial charge in [0.1, 0.15) is 5.75 Å². The molecule has 0 radical (unpaired) electrons. The molecule has 6 heteroatoms. The summed E-state index contributed by atoms with van der Waals surface area (Å²) < 4.78 is 15.8. The minimum atomic E-state index is -0.226. The molecule has 126 valence electrons. The maximum atomic E-state index is 12.1. The van der Waals surface area contributed by atoms with E-state index in [0.717, 1.165) is 22.6 Å². The Labute approximate surface area is 140 Å². The Balaban J connectivity index is 1.52. The van der Waals surface area contributed by atoms with Crippen molar-refractivity contribution in [3.63, 3.8) is 0 Å². The zero-order valence-corrected chi connectivity index (χ0v) is 13.7. The Morgan fingerprint density at radius 2 is 1.92 bits per heavy atom. The van der Waals surface area contributed by atoms with E-state index in [2.05, 4.69) is 10.6 Å². The van der Waals surface area contributed by atoms with Crippen LogP contribution in [0.15, 0.2) is 42.5 Å². The summed E-state index contributed by atoms with van der Waals surface area (Å²) in [4.78, 5) is 12.1. The number of hydrogen-bond acceptors (Lipinski definition) is 4. The van der Waals surface area contributed by atoms with Gasteiger partial charge < -0.3 is 24.8 Å². The summed E-state index contributed by atoms with van der Waals surface area (Å²) in [5.41, 5.74) is 1.96. The lowest BCUT2D eigenvalue weighted by atomic mass is 10.1. The van der Waals surface area contributed by atoms with Gasteiger partial charge >= 0.3 is 6.03 Å². The molecule has 0 spiro atoms. The van der Waals surface area contributed by atoms with E-state index in [1.807, 2.05) is 49.4 Å². The molecule has 6 nitrogen and oxygen atoms in total. The lowest BCUT2D eigenvalue weighted by Crippen LogP contribution is -2.36. The highest BCUT2D eigenvalue weighted by molar-refractivity contribution is 5.74. The molecule has 0 aromatic heterocycles. The molecule has 0 aliphatic carbocycles. The predicted molar refractivity (Wildman–Crippen MR) is 89.3 cm³/mol. The lowest BCUT2D eigenvalue weighted by Gasteiger charge is -2.15. The third-order valence-corrected chi connectivity index (χ3v) is 3.86. The molecule has 3 rings (SSSR count). The third kappa shape index (κ3) is 3.71. The van der Waals surface area contributed by atoms with Gasteiger partial charge in [-0.1, -0.05) is 18.2 Å². The summed E-state index contributed by atoms with van der Waals surface area (Å²) >= 11 is 0. The Morgan fingerprint density at radius 3 is 2.67 bits per heavy atom. The van der Waals surface area contributed by atoms with Crippen LogP contribution in [0.3, 0.4) is 0 Å². The average Bonchev–Trinajstić information content (AvgIpc) is 3.08. The SMILES string of the molecule is COc1ccc(CNC(=O)NC(C)c2ccc3c(c2)OCO3)cc1. The minimum Gasteiger partial charge on any atom is -0.497 e. The number of benzene rings is 2. The van der Waals surface area contributed by atoms with E-state index in [9.17, 15) is 4.79 Å². The number of amides is 2. The first-order valence-electron chi connectivity index (χ1n) is 7.72. The largest absolute Gasteiger partial charge is 0.497 e. The number of carbonyl (C=O) groups is 1. The number of ether oxygens (including phenoxy) is 3. The summed E-state index contributed by atoms with van der Waals surface area (Å²) in [5, 5.41) is 5.75. The van der Waals surface area contributed by atoms with Gasteiger partial charge in [-0.3, -0.25) is 0 Å². The highest BCUT2D eigenvalue weighted by Gasteiger charge is 2.16. The van der Waals surface area contributed by atoms with Gasteiger partial charge in [0, 0.05) is 6.54 Å². The van der Waals surface area contributed by atoms with Crippen molar-refractivity contribution < 1.29 is 19.0 Å². The summed E-state index contributed by atoms with van der Waals surface area (Å²) in [5.74, 6) is 2.23. The van der Waals surface area contributed by atoms with Gasteiger partial charge in [0.15, 0.2) is 11.5 Å². The van der Waals surface area contributed by atoms with Crippen LogP contribution in [0.1, 0.15) is 24.1 Å². The van der Waals surface area contributed by atoms with Gasteiger partial charge in [0.25, 0.3) is 0 Å². The van der Waals surface area contributed by atoms with Gasteiger partial charge in [-0.25, -0.2) is 4.79 Å². The van der Waals surface area contributed by atoms with Crippen LogP contribution in [-0.4, -0.2) is 19.9 Å². The van der Waals surface area contributed by atoms with Gasteiger partial charge in [0.05, 0.1) is 13.2 Å². The molecule has 0 saturated carbocycles. The molecule has 2 N–H and O–H groups in total. The first-order chi connectivity index (χ1) is 11.7. The second-order valence-electron chi connectivity index (χ2n) is 5.51. The van der Waals surface area contributed by atoms with Crippen LogP contribution in [0.5, 0.6) is 17.2 Å². The maximum absolute atomic E-state index is 12.1. The van der Waals surface area contributed by atoms with Crippen molar-refractivity contribution in [3.05, 3.63) is 53.6 Å². The van der Waals surface area contributed by atoms with Crippen LogP contribution in [0, 0.1) is 0 Å². The van der Waals surface area contributed by atoms with Crippen LogP contribution < -0.4 is 24.8 Å². The number of urea groups is 1. The molecule has 24 heavy (non-hydrogen) atoms. The van der Waals surface area contributed by atoms with E-state index in [1.165, 1.54) is 0 Å². The highest BCUT2D eigenvalue weighted by Crippen LogP contribution is 2.34. The van der Waals surface area contributed by atoms with Crippen LogP contribution in [0.4, 0.5) is 4.79 Å². The van der Waals surface area contributed by atoms with Crippen molar-refractivity contribution >= 4 is 6.03 Å². The Hall–Kier alpha value is -2.89. The highest BCUT2D eigenvalue weighted by atomic mass is 16.7. The number of carbonyl (C=O) groups excluding carboxylic acids is 1. The van der Waals surface area contributed by atoms with Crippen molar-refractivity contribution in [2.75, 3.05) is 13.9 Å². The minimum absolute atomic E-state index is 0.143. The van der Waals surface area contributed by atoms with Crippen LogP contribution in [-0.2, 0) is 6.54 Å². The van der Waals surface area contributed by atoms with E-state index in [1.54, 1.807) is 7.11 Å². The monoisotopic (exact) mass is 328 g/mol. The van der Waals surface area contributed by atoms with Gasteiger partial charge in [-0.05, 0) is 42.3 Å². The van der Waals surface area contributed by atoms with Crippen molar-refractivity contribution in [1.82, 2.24) is 10.6 Å². The van der Waals surface area contributed by atoms with Crippen LogP contribution in [0.2, 0.25) is 0 Å². The zero-order chi connectivity index (χ0) is 16.9. The molecule has 2 amide bonds. The van der Waals surface area contributed by atoms with E-state index in [0.29, 0.717) is 12.3 Å². The number of methoxy groups -OCH3 is 1. The number of fused-ring (bicyclic) bond motifs is 1. The molecule has 2 aromatic carbocycles. The second kappa shape index (κ2) is 7.12. The standard InChI is InChI=1S/C18H20N2O4/c1-12(14-5-8-16-17(9-14)24-11-23-16)20-18(21)19-10-13-3-6-15(22-2)7-4-13/h3-9,12H,10-11H2,1-2H3,(H2,19,20,21). The number of nitrogens with one attached hydrogen (secondary N) is 2. The molecule has 2 aromatic rings. The van der Waals surface area contributed by atoms with Crippen molar-refractivity contribution in [2.24, 2.45) is 0 Å². The summed E-state index contributed by atoms with van der Waals surface area (Å²) in [7, 11) is 1.62. The quantitative estimate of drug-likeness (QED) is 0.885. The normalized spacial score (nSPS) is 13.2. The zero-order valence-electron chi connectivity index (χ0n) is 13.7. The van der Waals surface area contributed by atoms with Gasteiger partial charge in [0.2, 0.25) is 6.79 Å². The molecule has 0 bridgehead atoms. The Kier molecular flexibility index (Phi) is 4.74. The maximum Gasteiger partial charge on any atom is 0.315 e. The predicted octanol–water partition coefficient (Wildman–Crippen LogP) is 2.98. The Morgan fingerprint density at radius 1 is 1.17 bits per heavy atom. The second-order valence-corrected chi connectivity index (χ2v) is 5.51. The molecule has 1 heterocycles. The van der Waals surface area contributed by atoms with Crippen LogP contribution in [0.25, 0.3) is 0 Å². The molecular weight excluding hydrogens is 308 g/mol. The number of hydrogen-bond donors (Lipinski definition) is 2. The topological polar surface area (TPSA) is 68.8 Å². The first-order valence-corrected chi connectivity index (χ1v) is 7.72. The van der Waals surface area contributed by atoms with Crippen LogP contribution >= 0.6 is 0 Å². The molecule has 1 aliphatic rings. The fourth-order valence-electron chi connectivity index (χ4n) is 2.44. The van der Waals surface area contributed by atoms with E-state index < -0.39 is 0 Å². The molecule has 0 fully saturated rings. The molecular formula is C18H20N2O4. The Bertz CT molecular complexity index is 715. The smallest absolute Gasteiger partial charge is 0.315 e. The van der Waals surface area contributed by atoms with Crippen molar-refractivity contribution in [2.45, 2.75) is 19.5 Å². The molecule has 1 atom stereocenters. The van der Waals surface area contributed by atoms with E-state index in [-0.39, 0.29) is 18.9 Å². The lowest BCUT2D eigenvalue weighted by molar-refractivity contribution is 0.174. The van der Waals surface area contributed by atoms with Crippen molar-refractivity contribution in [3.8, 4) is 17.2 Å². The molecule has 0 saturated heterocycles. The summed E-state index contributed by atoms with van der Waals surface area (Å²) in [6, 6.07) is 12.9. The van der Waals surface area contributed by atoms with Crippen molar-refractivity contribution in [1.29, 1.82) is 0 Å². The average molecular weight is 328 g/mol. The number of rotatable bonds is 5. The van der Waals surface area contributed by atoms with E-state index in [4.69, 9.17) is 14.2 Å².